The molecule has 0 radical (unpaired) electrons. The molecule has 110 valence electrons. The summed E-state index contributed by atoms with van der Waals surface area (Å²) in [6.07, 6.45) is 7.22. The third-order valence-electron chi connectivity index (χ3n) is 3.59. The molecule has 0 atom stereocenters. The number of benzene rings is 2. The zero-order valence-corrected chi connectivity index (χ0v) is 12.4. The normalized spacial score (nSPS) is 11.3. The van der Waals surface area contributed by atoms with E-state index in [9.17, 15) is 0 Å². The highest BCUT2D eigenvalue weighted by Gasteiger charge is 2.12. The fourth-order valence-corrected chi connectivity index (χ4v) is 2.48. The van der Waals surface area contributed by atoms with Crippen molar-refractivity contribution in [2.45, 2.75) is 0 Å². The van der Waals surface area contributed by atoms with Crippen LogP contribution >= 0.6 is 0 Å². The van der Waals surface area contributed by atoms with Gasteiger partial charge in [-0.15, -0.1) is 0 Å². The van der Waals surface area contributed by atoms with E-state index >= 15 is 0 Å². The maximum absolute atomic E-state index is 4.69. The van der Waals surface area contributed by atoms with E-state index in [2.05, 4.69) is 15.0 Å². The van der Waals surface area contributed by atoms with Crippen molar-refractivity contribution >= 4 is 17.7 Å². The van der Waals surface area contributed by atoms with Gasteiger partial charge >= 0.3 is 0 Å². The molecular weight excluding hydrogens is 284 g/mol. The predicted octanol–water partition coefficient (Wildman–Crippen LogP) is 4.15. The largest absolute Gasteiger partial charge is 0.281 e. The van der Waals surface area contributed by atoms with E-state index in [4.69, 9.17) is 0 Å². The van der Waals surface area contributed by atoms with Gasteiger partial charge in [-0.1, -0.05) is 60.7 Å². The number of nitrogens with zero attached hydrogens (tertiary/aromatic N) is 4. The second-order valence-electron chi connectivity index (χ2n) is 5.12. The third-order valence-corrected chi connectivity index (χ3v) is 3.59. The summed E-state index contributed by atoms with van der Waals surface area (Å²) in [6.45, 7) is 0. The van der Waals surface area contributed by atoms with Crippen LogP contribution in [-0.2, 0) is 0 Å². The van der Waals surface area contributed by atoms with E-state index in [0.717, 1.165) is 28.3 Å². The van der Waals surface area contributed by atoms with Crippen molar-refractivity contribution in [1.82, 2.24) is 14.4 Å². The molecule has 4 heteroatoms. The van der Waals surface area contributed by atoms with Gasteiger partial charge in [-0.2, -0.15) is 0 Å². The molecule has 23 heavy (non-hydrogen) atoms. The van der Waals surface area contributed by atoms with Crippen LogP contribution in [0.2, 0.25) is 0 Å². The highest BCUT2D eigenvalue weighted by atomic mass is 15.1. The van der Waals surface area contributed by atoms with E-state index in [1.165, 1.54) is 0 Å². The molecule has 0 fully saturated rings. The van der Waals surface area contributed by atoms with E-state index in [0.29, 0.717) is 0 Å². The number of aromatic nitrogens is 3. The lowest BCUT2D eigenvalue weighted by atomic mass is 10.1. The molecular formula is C19H14N4. The number of hydrogen-bond donors (Lipinski definition) is 0. The second-order valence-corrected chi connectivity index (χ2v) is 5.12. The van der Waals surface area contributed by atoms with Gasteiger partial charge in [-0.25, -0.2) is 9.98 Å². The lowest BCUT2D eigenvalue weighted by Crippen LogP contribution is -1.85. The van der Waals surface area contributed by atoms with Crippen LogP contribution in [0.4, 0.5) is 5.82 Å². The standard InChI is InChI=1S/C19H14N4/c1-3-7-15(8-4-1)13-21-19-18(16-9-5-2-6-10-16)22-17-14-20-11-12-23(17)19/h1-14H/b21-13+. The lowest BCUT2D eigenvalue weighted by Gasteiger charge is -2.00. The molecule has 0 bridgehead atoms. The minimum Gasteiger partial charge on any atom is -0.281 e. The Bertz CT molecular complexity index is 957. The van der Waals surface area contributed by atoms with E-state index in [1.807, 2.05) is 77.5 Å². The monoisotopic (exact) mass is 298 g/mol. The van der Waals surface area contributed by atoms with Crippen molar-refractivity contribution in [3.05, 3.63) is 84.8 Å². The van der Waals surface area contributed by atoms with Gasteiger partial charge in [0.1, 0.15) is 5.69 Å². The van der Waals surface area contributed by atoms with Gasteiger partial charge in [0.05, 0.1) is 6.20 Å². The van der Waals surface area contributed by atoms with Crippen LogP contribution in [-0.4, -0.2) is 20.6 Å². The van der Waals surface area contributed by atoms with Gasteiger partial charge in [0.2, 0.25) is 0 Å². The topological polar surface area (TPSA) is 42.5 Å². The molecule has 0 aliphatic heterocycles. The van der Waals surface area contributed by atoms with Crippen molar-refractivity contribution < 1.29 is 0 Å². The molecule has 0 saturated carbocycles. The molecule has 2 heterocycles. The Labute approximate surface area is 133 Å². The van der Waals surface area contributed by atoms with Crippen LogP contribution in [0.15, 0.2) is 84.2 Å². The Morgan fingerprint density at radius 3 is 2.43 bits per heavy atom. The predicted molar refractivity (Wildman–Crippen MR) is 92.1 cm³/mol. The Balaban J connectivity index is 1.88. The smallest absolute Gasteiger partial charge is 0.165 e. The summed E-state index contributed by atoms with van der Waals surface area (Å²) in [5.41, 5.74) is 3.73. The summed E-state index contributed by atoms with van der Waals surface area (Å²) in [5.74, 6) is 0.803. The minimum atomic E-state index is 0.784. The molecule has 2 aromatic heterocycles. The van der Waals surface area contributed by atoms with Crippen LogP contribution < -0.4 is 0 Å². The summed E-state index contributed by atoms with van der Waals surface area (Å²) in [5, 5.41) is 0. The van der Waals surface area contributed by atoms with Crippen molar-refractivity contribution in [3.63, 3.8) is 0 Å². The van der Waals surface area contributed by atoms with Gasteiger partial charge in [0.15, 0.2) is 11.5 Å². The Kier molecular flexibility index (Phi) is 3.41. The van der Waals surface area contributed by atoms with Gasteiger partial charge in [-0.05, 0) is 5.56 Å². The van der Waals surface area contributed by atoms with Crippen molar-refractivity contribution in [1.29, 1.82) is 0 Å². The van der Waals surface area contributed by atoms with Gasteiger partial charge in [0, 0.05) is 24.2 Å². The van der Waals surface area contributed by atoms with E-state index in [1.54, 1.807) is 12.4 Å². The first-order chi connectivity index (χ1) is 11.4. The number of aliphatic imine (C=N–C) groups is 1. The van der Waals surface area contributed by atoms with Crippen LogP contribution in [0, 0.1) is 0 Å². The number of fused-ring (bicyclic) bond motifs is 1. The zero-order valence-electron chi connectivity index (χ0n) is 12.4. The first-order valence-corrected chi connectivity index (χ1v) is 7.38. The molecule has 4 rings (SSSR count). The first kappa shape index (κ1) is 13.4. The Morgan fingerprint density at radius 1 is 0.913 bits per heavy atom. The summed E-state index contributed by atoms with van der Waals surface area (Å²) in [6, 6.07) is 20.1. The van der Waals surface area contributed by atoms with Crippen LogP contribution in [0.3, 0.4) is 0 Å². The van der Waals surface area contributed by atoms with Crippen molar-refractivity contribution in [3.8, 4) is 11.3 Å². The number of imidazole rings is 1. The highest BCUT2D eigenvalue weighted by Crippen LogP contribution is 2.30. The first-order valence-electron chi connectivity index (χ1n) is 7.38. The molecule has 0 unspecified atom stereocenters. The van der Waals surface area contributed by atoms with Gasteiger partial charge in [0.25, 0.3) is 0 Å². The molecule has 4 nitrogen and oxygen atoms in total. The molecule has 0 spiro atoms. The molecule has 4 aromatic rings. The second kappa shape index (κ2) is 5.85. The number of rotatable bonds is 3. The Hall–Kier alpha value is -3.27. The summed E-state index contributed by atoms with van der Waals surface area (Å²) < 4.78 is 1.95. The fraction of sp³-hybridized carbons (Fsp3) is 0. The van der Waals surface area contributed by atoms with Crippen LogP contribution in [0.1, 0.15) is 5.56 Å². The Morgan fingerprint density at radius 2 is 1.65 bits per heavy atom. The molecule has 0 amide bonds. The molecule has 0 aliphatic rings. The van der Waals surface area contributed by atoms with Crippen molar-refractivity contribution in [2.75, 3.05) is 0 Å². The summed E-state index contributed by atoms with van der Waals surface area (Å²) in [4.78, 5) is 13.5. The van der Waals surface area contributed by atoms with Crippen molar-refractivity contribution in [2.24, 2.45) is 4.99 Å². The van der Waals surface area contributed by atoms with Gasteiger partial charge in [-0.3, -0.25) is 9.38 Å². The molecule has 0 saturated heterocycles. The SMILES string of the molecule is C(=N\c1c(-c2ccccc2)nc2cnccn12)/c1ccccc1. The quantitative estimate of drug-likeness (QED) is 0.533. The van der Waals surface area contributed by atoms with Gasteiger partial charge < -0.3 is 0 Å². The van der Waals surface area contributed by atoms with E-state index < -0.39 is 0 Å². The lowest BCUT2D eigenvalue weighted by molar-refractivity contribution is 1.12. The van der Waals surface area contributed by atoms with Crippen LogP contribution in [0.25, 0.3) is 16.9 Å². The molecule has 2 aromatic carbocycles. The average molecular weight is 298 g/mol. The highest BCUT2D eigenvalue weighted by molar-refractivity contribution is 5.85. The summed E-state index contributed by atoms with van der Waals surface area (Å²) in [7, 11) is 0. The average Bonchev–Trinajstić information content (AvgIpc) is 3.00. The minimum absolute atomic E-state index is 0.784. The third kappa shape index (κ3) is 2.62. The molecule has 0 N–H and O–H groups in total. The molecule has 0 aliphatic carbocycles. The maximum atomic E-state index is 4.69. The zero-order chi connectivity index (χ0) is 15.5. The number of hydrogen-bond acceptors (Lipinski definition) is 3. The van der Waals surface area contributed by atoms with Crippen LogP contribution in [0.5, 0.6) is 0 Å². The fourth-order valence-electron chi connectivity index (χ4n) is 2.48. The summed E-state index contributed by atoms with van der Waals surface area (Å²) >= 11 is 0. The van der Waals surface area contributed by atoms with E-state index in [-0.39, 0.29) is 0 Å². The maximum Gasteiger partial charge on any atom is 0.165 e.